The Labute approximate surface area is 240 Å². The second-order valence-electron chi connectivity index (χ2n) is 12.1. The van der Waals surface area contributed by atoms with Crippen molar-refractivity contribution in [2.45, 2.75) is 19.3 Å². The molecule has 0 amide bonds. The third-order valence-electron chi connectivity index (χ3n) is 9.75. The highest BCUT2D eigenvalue weighted by molar-refractivity contribution is 7.25. The second-order valence-corrected chi connectivity index (χ2v) is 13.2. The van der Waals surface area contributed by atoms with Gasteiger partial charge in [0.1, 0.15) is 0 Å². The highest BCUT2D eigenvalue weighted by atomic mass is 32.1. The fraction of sp³-hybridized carbons (Fsp3) is 0.0769. The van der Waals surface area contributed by atoms with Gasteiger partial charge in [0.05, 0.1) is 11.0 Å². The molecule has 0 atom stereocenters. The Bertz CT molecular complexity index is 2610. The molecule has 2 heterocycles. The second kappa shape index (κ2) is 7.34. The summed E-state index contributed by atoms with van der Waals surface area (Å²) in [5.74, 6) is 0. The zero-order valence-corrected chi connectivity index (χ0v) is 23.6. The molecule has 7 aromatic carbocycles. The topological polar surface area (TPSA) is 4.93 Å². The summed E-state index contributed by atoms with van der Waals surface area (Å²) in [5, 5.41) is 13.6. The van der Waals surface area contributed by atoms with Gasteiger partial charge < -0.3 is 4.57 Å². The monoisotopic (exact) mass is 539 g/mol. The Hall–Kier alpha value is -4.66. The third-order valence-corrected chi connectivity index (χ3v) is 10.9. The van der Waals surface area contributed by atoms with E-state index < -0.39 is 0 Å². The molecule has 0 spiro atoms. The van der Waals surface area contributed by atoms with Gasteiger partial charge in [0.2, 0.25) is 0 Å². The predicted octanol–water partition coefficient (Wildman–Crippen LogP) is 11.3. The first-order valence-corrected chi connectivity index (χ1v) is 15.2. The molecule has 1 aliphatic carbocycles. The van der Waals surface area contributed by atoms with Gasteiger partial charge in [0, 0.05) is 42.0 Å². The molecule has 2 aromatic heterocycles. The van der Waals surface area contributed by atoms with E-state index in [1.165, 1.54) is 91.1 Å². The minimum absolute atomic E-state index is 0.0620. The van der Waals surface area contributed by atoms with Crippen molar-refractivity contribution in [3.8, 4) is 5.69 Å². The van der Waals surface area contributed by atoms with Crippen LogP contribution in [0.3, 0.4) is 0 Å². The minimum atomic E-state index is -0.0620. The highest BCUT2D eigenvalue weighted by Crippen LogP contribution is 2.53. The maximum absolute atomic E-state index is 2.51. The lowest BCUT2D eigenvalue weighted by Gasteiger charge is -2.22. The number of rotatable bonds is 1. The van der Waals surface area contributed by atoms with Crippen LogP contribution in [0.2, 0.25) is 0 Å². The van der Waals surface area contributed by atoms with E-state index >= 15 is 0 Å². The Balaban J connectivity index is 1.48. The first-order valence-electron chi connectivity index (χ1n) is 14.4. The number of hydrogen-bond donors (Lipinski definition) is 0. The van der Waals surface area contributed by atoms with Gasteiger partial charge in [-0.3, -0.25) is 0 Å². The third kappa shape index (κ3) is 2.58. The highest BCUT2D eigenvalue weighted by Gasteiger charge is 2.35. The summed E-state index contributed by atoms with van der Waals surface area (Å²) in [4.78, 5) is 0. The fourth-order valence-corrected chi connectivity index (χ4v) is 9.09. The van der Waals surface area contributed by atoms with Gasteiger partial charge in [-0.15, -0.1) is 11.3 Å². The van der Waals surface area contributed by atoms with Crippen LogP contribution in [0.4, 0.5) is 0 Å². The molecule has 0 saturated carbocycles. The molecule has 0 aliphatic heterocycles. The number of nitrogens with zero attached hydrogens (tertiary/aromatic N) is 1. The number of fused-ring (bicyclic) bond motifs is 6. The van der Waals surface area contributed by atoms with Crippen LogP contribution in [-0.2, 0) is 5.41 Å². The van der Waals surface area contributed by atoms with E-state index in [0.29, 0.717) is 0 Å². The van der Waals surface area contributed by atoms with Gasteiger partial charge in [-0.05, 0) is 73.8 Å². The fourth-order valence-electron chi connectivity index (χ4n) is 7.95. The average Bonchev–Trinajstić information content (AvgIpc) is 3.62. The molecule has 10 rings (SSSR count). The van der Waals surface area contributed by atoms with E-state index in [0.717, 1.165) is 0 Å². The molecule has 0 N–H and O–H groups in total. The maximum Gasteiger partial charge on any atom is 0.0547 e. The van der Waals surface area contributed by atoms with Crippen LogP contribution in [0, 0.1) is 0 Å². The number of thiophene rings is 1. The molecular formula is C39H25NS. The Morgan fingerprint density at radius 2 is 1.10 bits per heavy atom. The van der Waals surface area contributed by atoms with E-state index in [-0.39, 0.29) is 5.41 Å². The molecule has 9 aromatic rings. The minimum Gasteiger partial charge on any atom is -0.309 e. The van der Waals surface area contributed by atoms with Gasteiger partial charge in [0.25, 0.3) is 0 Å². The standard InChI is InChI=1S/C39H25NS/c1-39(2)29-14-7-12-27-23-9-3-4-10-24(23)28-13-8-15-31-36(28)38-32(20-19-30(39)37(38)35(27)29)40(31)22-17-18-26-25-11-5-6-16-33(25)41-34(26)21-22/h3-21H,1-2H3. The SMILES string of the molecule is CC1(C)c2cccc3c4ccccc4c4cccc5c4c4c(c1ccc4n5-c1ccc4c(c1)sc1ccccc14)c23. The molecular weight excluding hydrogens is 515 g/mol. The summed E-state index contributed by atoms with van der Waals surface area (Å²) in [6, 6.07) is 43.4. The van der Waals surface area contributed by atoms with Crippen molar-refractivity contribution in [2.24, 2.45) is 0 Å². The lowest BCUT2D eigenvalue weighted by molar-refractivity contribution is 0.663. The first kappa shape index (κ1) is 22.1. The van der Waals surface area contributed by atoms with Crippen molar-refractivity contribution >= 4 is 85.6 Å². The maximum atomic E-state index is 2.51. The van der Waals surface area contributed by atoms with Crippen molar-refractivity contribution in [1.82, 2.24) is 4.57 Å². The van der Waals surface area contributed by atoms with Crippen molar-refractivity contribution in [3.63, 3.8) is 0 Å². The van der Waals surface area contributed by atoms with Crippen LogP contribution in [0.25, 0.3) is 80.0 Å². The summed E-state index contributed by atoms with van der Waals surface area (Å²) in [6.07, 6.45) is 0. The predicted molar refractivity (Wildman–Crippen MR) is 178 cm³/mol. The van der Waals surface area contributed by atoms with E-state index in [2.05, 4.69) is 134 Å². The summed E-state index contributed by atoms with van der Waals surface area (Å²) in [6.45, 7) is 4.79. The molecule has 0 saturated heterocycles. The van der Waals surface area contributed by atoms with Gasteiger partial charge in [-0.25, -0.2) is 0 Å². The van der Waals surface area contributed by atoms with Crippen LogP contribution >= 0.6 is 11.3 Å². The number of hydrogen-bond acceptors (Lipinski definition) is 1. The normalized spacial score (nSPS) is 14.3. The summed E-state index contributed by atoms with van der Waals surface area (Å²) < 4.78 is 5.19. The van der Waals surface area contributed by atoms with Crippen LogP contribution in [0.5, 0.6) is 0 Å². The zero-order valence-electron chi connectivity index (χ0n) is 22.8. The number of aromatic nitrogens is 1. The van der Waals surface area contributed by atoms with Gasteiger partial charge >= 0.3 is 0 Å². The quantitative estimate of drug-likeness (QED) is 0.195. The summed E-state index contributed by atoms with van der Waals surface area (Å²) in [7, 11) is 0. The molecule has 0 radical (unpaired) electrons. The molecule has 41 heavy (non-hydrogen) atoms. The molecule has 0 bridgehead atoms. The van der Waals surface area contributed by atoms with Crippen LogP contribution in [0.15, 0.2) is 115 Å². The number of benzene rings is 6. The van der Waals surface area contributed by atoms with Crippen LogP contribution < -0.4 is 0 Å². The van der Waals surface area contributed by atoms with Crippen LogP contribution in [0.1, 0.15) is 25.0 Å². The van der Waals surface area contributed by atoms with E-state index in [4.69, 9.17) is 0 Å². The summed E-state index contributed by atoms with van der Waals surface area (Å²) >= 11 is 1.89. The molecule has 192 valence electrons. The smallest absolute Gasteiger partial charge is 0.0547 e. The van der Waals surface area contributed by atoms with Gasteiger partial charge in [-0.2, -0.15) is 0 Å². The van der Waals surface area contributed by atoms with Crippen molar-refractivity contribution < 1.29 is 0 Å². The largest absolute Gasteiger partial charge is 0.309 e. The molecule has 1 aliphatic rings. The first-order chi connectivity index (χ1) is 20.1. The van der Waals surface area contributed by atoms with Crippen molar-refractivity contribution in [3.05, 3.63) is 126 Å². The van der Waals surface area contributed by atoms with Crippen molar-refractivity contribution in [1.29, 1.82) is 0 Å². The molecule has 2 heteroatoms. The van der Waals surface area contributed by atoms with Gasteiger partial charge in [0.15, 0.2) is 0 Å². The Kier molecular flexibility index (Phi) is 3.95. The molecule has 0 unspecified atom stereocenters. The van der Waals surface area contributed by atoms with Gasteiger partial charge in [-0.1, -0.05) is 98.8 Å². The Morgan fingerprint density at radius 3 is 1.93 bits per heavy atom. The molecule has 0 fully saturated rings. The lowest BCUT2D eigenvalue weighted by atomic mass is 9.81. The molecule has 1 nitrogen and oxygen atoms in total. The van der Waals surface area contributed by atoms with Crippen molar-refractivity contribution in [2.75, 3.05) is 0 Å². The Morgan fingerprint density at radius 1 is 0.463 bits per heavy atom. The summed E-state index contributed by atoms with van der Waals surface area (Å²) in [5.41, 5.74) is 6.57. The van der Waals surface area contributed by atoms with E-state index in [9.17, 15) is 0 Å². The van der Waals surface area contributed by atoms with Crippen LogP contribution in [-0.4, -0.2) is 4.57 Å². The zero-order chi connectivity index (χ0) is 27.0. The van der Waals surface area contributed by atoms with E-state index in [1.54, 1.807) is 0 Å². The average molecular weight is 540 g/mol. The van der Waals surface area contributed by atoms with E-state index in [1.807, 2.05) is 11.3 Å². The lowest BCUT2D eigenvalue weighted by Crippen LogP contribution is -2.15.